The van der Waals surface area contributed by atoms with E-state index in [1.54, 1.807) is 29.1 Å². The normalized spacial score (nSPS) is 11.8. The molecule has 0 saturated heterocycles. The van der Waals surface area contributed by atoms with Gasteiger partial charge in [-0.05, 0) is 42.8 Å². The Morgan fingerprint density at radius 1 is 1.14 bits per heavy atom. The van der Waals surface area contributed by atoms with Crippen LogP contribution in [0.3, 0.4) is 0 Å². The Kier molecular flexibility index (Phi) is 7.23. The van der Waals surface area contributed by atoms with Gasteiger partial charge in [0.05, 0.1) is 29.8 Å². The summed E-state index contributed by atoms with van der Waals surface area (Å²) in [6.45, 7) is 1.84. The van der Waals surface area contributed by atoms with Crippen molar-refractivity contribution in [3.8, 4) is 11.4 Å². The maximum atomic E-state index is 13.9. The zero-order valence-electron chi connectivity index (χ0n) is 19.4. The first kappa shape index (κ1) is 25.8. The Hall–Kier alpha value is -4.29. The van der Waals surface area contributed by atoms with Crippen LogP contribution in [0.15, 0.2) is 59.9 Å². The number of benzene rings is 2. The standard InChI is InChI=1S/C24H20ClF3N6O3/c1-12-9-33(11-30-12)19-4-3-15(8-20(19)37-2)31-18-7-14(25)10-34(24(18)36)22(23(35)32-29)13-5-16(26)21(28)17(27)6-13/h3-11,22,31H,29H2,1-2H3,(H,32,35). The average Bonchev–Trinajstić information content (AvgIpc) is 3.30. The number of anilines is 2. The van der Waals surface area contributed by atoms with Crippen LogP contribution in [-0.2, 0) is 4.79 Å². The summed E-state index contributed by atoms with van der Waals surface area (Å²) in [6, 6.07) is 5.88. The Labute approximate surface area is 213 Å². The van der Waals surface area contributed by atoms with Crippen LogP contribution >= 0.6 is 11.6 Å². The van der Waals surface area contributed by atoms with E-state index in [1.165, 1.54) is 13.2 Å². The predicted molar refractivity (Wildman–Crippen MR) is 131 cm³/mol. The van der Waals surface area contributed by atoms with Crippen LogP contribution in [0.2, 0.25) is 5.02 Å². The van der Waals surface area contributed by atoms with Gasteiger partial charge in [0.1, 0.15) is 17.5 Å². The quantitative estimate of drug-likeness (QED) is 0.144. The summed E-state index contributed by atoms with van der Waals surface area (Å²) in [6.07, 6.45) is 4.53. The maximum Gasteiger partial charge on any atom is 0.275 e. The maximum absolute atomic E-state index is 13.9. The lowest BCUT2D eigenvalue weighted by atomic mass is 10.0. The van der Waals surface area contributed by atoms with Gasteiger partial charge in [0, 0.05) is 24.1 Å². The molecule has 192 valence electrons. The van der Waals surface area contributed by atoms with Gasteiger partial charge in [0.2, 0.25) is 0 Å². The van der Waals surface area contributed by atoms with Crippen molar-refractivity contribution in [2.45, 2.75) is 13.0 Å². The van der Waals surface area contributed by atoms with Gasteiger partial charge in [-0.25, -0.2) is 24.0 Å². The molecule has 4 rings (SSSR count). The van der Waals surface area contributed by atoms with Crippen molar-refractivity contribution in [1.29, 1.82) is 0 Å². The number of amides is 1. The van der Waals surface area contributed by atoms with Crippen LogP contribution in [0.1, 0.15) is 17.3 Å². The first-order valence-corrected chi connectivity index (χ1v) is 11.0. The number of hydrazine groups is 1. The molecule has 1 atom stereocenters. The smallest absolute Gasteiger partial charge is 0.275 e. The highest BCUT2D eigenvalue weighted by atomic mass is 35.5. The summed E-state index contributed by atoms with van der Waals surface area (Å²) in [4.78, 5) is 30.1. The number of hydrogen-bond donors (Lipinski definition) is 3. The predicted octanol–water partition coefficient (Wildman–Crippen LogP) is 3.74. The number of ether oxygens (including phenoxy) is 1. The van der Waals surface area contributed by atoms with Crippen molar-refractivity contribution in [2.75, 3.05) is 12.4 Å². The fourth-order valence-corrected chi connectivity index (χ4v) is 3.99. The summed E-state index contributed by atoms with van der Waals surface area (Å²) < 4.78 is 49.5. The van der Waals surface area contributed by atoms with Gasteiger partial charge in [-0.2, -0.15) is 0 Å². The molecule has 0 fully saturated rings. The van der Waals surface area contributed by atoms with Crippen molar-refractivity contribution in [2.24, 2.45) is 5.84 Å². The van der Waals surface area contributed by atoms with Gasteiger partial charge in [-0.3, -0.25) is 19.6 Å². The number of nitrogens with two attached hydrogens (primary N) is 1. The van der Waals surface area contributed by atoms with E-state index in [4.69, 9.17) is 22.2 Å². The van der Waals surface area contributed by atoms with Gasteiger partial charge in [-0.15, -0.1) is 0 Å². The molecule has 1 amide bonds. The second kappa shape index (κ2) is 10.4. The van der Waals surface area contributed by atoms with Gasteiger partial charge < -0.3 is 14.6 Å². The molecule has 0 radical (unpaired) electrons. The number of nitrogens with zero attached hydrogens (tertiary/aromatic N) is 3. The lowest BCUT2D eigenvalue weighted by molar-refractivity contribution is -0.123. The molecule has 0 aliphatic rings. The number of hydrogen-bond acceptors (Lipinski definition) is 6. The van der Waals surface area contributed by atoms with Crippen molar-refractivity contribution < 1.29 is 22.7 Å². The van der Waals surface area contributed by atoms with E-state index in [0.717, 1.165) is 16.5 Å². The first-order valence-electron chi connectivity index (χ1n) is 10.7. The summed E-state index contributed by atoms with van der Waals surface area (Å²) in [5.74, 6) is -0.0923. The first-order chi connectivity index (χ1) is 17.6. The lowest BCUT2D eigenvalue weighted by Crippen LogP contribution is -2.41. The fourth-order valence-electron chi connectivity index (χ4n) is 3.78. The second-order valence-corrected chi connectivity index (χ2v) is 8.36. The van der Waals surface area contributed by atoms with Crippen LogP contribution in [0.4, 0.5) is 24.5 Å². The van der Waals surface area contributed by atoms with Crippen molar-refractivity contribution in [3.05, 3.63) is 99.2 Å². The molecule has 0 spiro atoms. The molecular weight excluding hydrogens is 513 g/mol. The number of imidazole rings is 1. The Morgan fingerprint density at radius 2 is 1.84 bits per heavy atom. The second-order valence-electron chi connectivity index (χ2n) is 7.93. The third kappa shape index (κ3) is 5.15. The highest BCUT2D eigenvalue weighted by molar-refractivity contribution is 6.30. The van der Waals surface area contributed by atoms with Crippen molar-refractivity contribution >= 4 is 28.9 Å². The summed E-state index contributed by atoms with van der Waals surface area (Å²) in [7, 11) is 1.48. The zero-order chi connectivity index (χ0) is 26.9. The lowest BCUT2D eigenvalue weighted by Gasteiger charge is -2.21. The topological polar surface area (TPSA) is 116 Å². The van der Waals surface area contributed by atoms with Crippen molar-refractivity contribution in [3.63, 3.8) is 0 Å². The van der Waals surface area contributed by atoms with E-state index in [1.807, 2.05) is 18.5 Å². The third-order valence-electron chi connectivity index (χ3n) is 5.45. The van der Waals surface area contributed by atoms with Crippen molar-refractivity contribution in [1.82, 2.24) is 19.5 Å². The molecule has 0 saturated carbocycles. The molecular formula is C24H20ClF3N6O3. The number of aromatic nitrogens is 3. The molecule has 0 aliphatic carbocycles. The summed E-state index contributed by atoms with van der Waals surface area (Å²) in [5.41, 5.74) is 2.56. The minimum atomic E-state index is -1.72. The zero-order valence-corrected chi connectivity index (χ0v) is 20.2. The number of carbonyl (C=O) groups is 1. The monoisotopic (exact) mass is 532 g/mol. The van der Waals surface area contributed by atoms with Gasteiger partial charge in [0.25, 0.3) is 11.5 Å². The number of methoxy groups -OCH3 is 1. The number of pyridine rings is 1. The molecule has 0 aliphatic heterocycles. The van der Waals surface area contributed by atoms with E-state index in [9.17, 15) is 22.8 Å². The third-order valence-corrected chi connectivity index (χ3v) is 5.66. The number of nitrogens with one attached hydrogen (secondary N) is 2. The molecule has 2 aromatic carbocycles. The van der Waals surface area contributed by atoms with Gasteiger partial charge in [0.15, 0.2) is 17.5 Å². The molecule has 2 aromatic heterocycles. The largest absolute Gasteiger partial charge is 0.494 e. The van der Waals surface area contributed by atoms with E-state index in [2.05, 4.69) is 10.3 Å². The Balaban J connectivity index is 1.77. The summed E-state index contributed by atoms with van der Waals surface area (Å²) in [5, 5.41) is 2.92. The molecule has 4 aromatic rings. The average molecular weight is 533 g/mol. The Bertz CT molecular complexity index is 1530. The van der Waals surface area contributed by atoms with E-state index >= 15 is 0 Å². The van der Waals surface area contributed by atoms with E-state index in [0.29, 0.717) is 29.3 Å². The summed E-state index contributed by atoms with van der Waals surface area (Å²) >= 11 is 6.22. The molecule has 13 heteroatoms. The van der Waals surface area contributed by atoms with E-state index in [-0.39, 0.29) is 16.3 Å². The fraction of sp³-hybridized carbons (Fsp3) is 0.125. The number of halogens is 4. The number of carbonyl (C=O) groups excluding carboxylic acids is 1. The molecule has 4 N–H and O–H groups in total. The SMILES string of the molecule is COc1cc(Nc2cc(Cl)cn(C(C(=O)NN)c3cc(F)c(F)c(F)c3)c2=O)ccc1-n1cnc(C)c1. The van der Waals surface area contributed by atoms with Gasteiger partial charge in [-0.1, -0.05) is 11.6 Å². The van der Waals surface area contributed by atoms with Crippen LogP contribution in [0.5, 0.6) is 5.75 Å². The minimum Gasteiger partial charge on any atom is -0.494 e. The van der Waals surface area contributed by atoms with E-state index < -0.39 is 35.0 Å². The van der Waals surface area contributed by atoms with Gasteiger partial charge >= 0.3 is 0 Å². The Morgan fingerprint density at radius 3 is 2.43 bits per heavy atom. The highest BCUT2D eigenvalue weighted by Crippen LogP contribution is 2.29. The minimum absolute atomic E-state index is 0.0115. The molecule has 2 heterocycles. The molecule has 0 bridgehead atoms. The number of aryl methyl sites for hydroxylation is 1. The van der Waals surface area contributed by atoms with Crippen LogP contribution in [-0.4, -0.2) is 27.1 Å². The van der Waals surface area contributed by atoms with Crippen LogP contribution in [0.25, 0.3) is 5.69 Å². The number of rotatable bonds is 7. The molecule has 9 nitrogen and oxygen atoms in total. The van der Waals surface area contributed by atoms with Crippen LogP contribution < -0.4 is 26.9 Å². The van der Waals surface area contributed by atoms with Crippen LogP contribution in [0, 0.1) is 24.4 Å². The molecule has 1 unspecified atom stereocenters. The highest BCUT2D eigenvalue weighted by Gasteiger charge is 2.27. The molecule has 37 heavy (non-hydrogen) atoms.